The molecule has 0 radical (unpaired) electrons. The molecule has 0 spiro atoms. The Kier molecular flexibility index (Phi) is 5.26. The van der Waals surface area contributed by atoms with Crippen molar-refractivity contribution >= 4 is 33.2 Å². The van der Waals surface area contributed by atoms with Gasteiger partial charge in [-0.15, -0.1) is 0 Å². The summed E-state index contributed by atoms with van der Waals surface area (Å²) in [5.74, 6) is -0.0617. The van der Waals surface area contributed by atoms with Crippen molar-refractivity contribution in [3.05, 3.63) is 36.3 Å². The number of hydrogen-bond donors (Lipinski definition) is 1. The molecular formula is C18H23N5O4S. The zero-order valence-electron chi connectivity index (χ0n) is 16.2. The Morgan fingerprint density at radius 3 is 2.68 bits per heavy atom. The van der Waals surface area contributed by atoms with E-state index in [1.54, 1.807) is 49.7 Å². The summed E-state index contributed by atoms with van der Waals surface area (Å²) in [6.45, 7) is 3.09. The number of fused-ring (bicyclic) bond motifs is 1. The largest absolute Gasteiger partial charge is 0.337 e. The van der Waals surface area contributed by atoms with E-state index >= 15 is 0 Å². The summed E-state index contributed by atoms with van der Waals surface area (Å²) >= 11 is 0. The summed E-state index contributed by atoms with van der Waals surface area (Å²) < 4.78 is 28.1. The average Bonchev–Trinajstić information content (AvgIpc) is 2.89. The van der Waals surface area contributed by atoms with Gasteiger partial charge in [0.25, 0.3) is 10.0 Å². The van der Waals surface area contributed by atoms with Crippen LogP contribution in [0.3, 0.4) is 0 Å². The number of para-hydroxylation sites is 2. The molecule has 2 heterocycles. The third-order valence-electron chi connectivity index (χ3n) is 4.75. The predicted molar refractivity (Wildman–Crippen MR) is 104 cm³/mol. The molecular weight excluding hydrogens is 382 g/mol. The van der Waals surface area contributed by atoms with Gasteiger partial charge in [0.15, 0.2) is 5.03 Å². The molecule has 1 N–H and O–H groups in total. The highest BCUT2D eigenvalue weighted by Crippen LogP contribution is 2.31. The first-order valence-corrected chi connectivity index (χ1v) is 10.2. The summed E-state index contributed by atoms with van der Waals surface area (Å²) in [4.78, 5) is 30.6. The Bertz CT molecular complexity index is 1010. The number of likely N-dealkylation sites (N-methyl/N-ethyl adjacent to an activating group) is 1. The van der Waals surface area contributed by atoms with Crippen molar-refractivity contribution in [1.29, 1.82) is 0 Å². The summed E-state index contributed by atoms with van der Waals surface area (Å²) in [5, 5.41) is 2.67. The number of anilines is 2. The standard InChI is InChI=1S/C18H23N5O4S/c1-12-9-16(24)20-14-7-5-6-8-15(14)23(12)18(25)11-22(4)28(26,27)17-10-21(3)13(2)19-17/h5-8,10,12H,9,11H2,1-4H3,(H,20,24). The average molecular weight is 405 g/mol. The van der Waals surface area contributed by atoms with Crippen LogP contribution >= 0.6 is 0 Å². The third-order valence-corrected chi connectivity index (χ3v) is 6.42. The first-order valence-electron chi connectivity index (χ1n) is 8.78. The molecule has 1 aliphatic heterocycles. The lowest BCUT2D eigenvalue weighted by molar-refractivity contribution is -0.119. The van der Waals surface area contributed by atoms with Gasteiger partial charge in [-0.05, 0) is 26.0 Å². The van der Waals surface area contributed by atoms with Crippen LogP contribution in [0.15, 0.2) is 35.5 Å². The molecule has 9 nitrogen and oxygen atoms in total. The zero-order chi connectivity index (χ0) is 20.6. The fourth-order valence-electron chi connectivity index (χ4n) is 3.13. The number of rotatable bonds is 4. The van der Waals surface area contributed by atoms with Gasteiger partial charge in [-0.2, -0.15) is 4.31 Å². The van der Waals surface area contributed by atoms with Crippen molar-refractivity contribution in [2.24, 2.45) is 7.05 Å². The predicted octanol–water partition coefficient (Wildman–Crippen LogP) is 1.11. The minimum atomic E-state index is -3.92. The first kappa shape index (κ1) is 20.0. The third kappa shape index (κ3) is 3.65. The molecule has 1 atom stereocenters. The van der Waals surface area contributed by atoms with Gasteiger partial charge in [0, 0.05) is 32.8 Å². The van der Waals surface area contributed by atoms with Gasteiger partial charge >= 0.3 is 0 Å². The summed E-state index contributed by atoms with van der Waals surface area (Å²) in [7, 11) is -0.875. The Labute approximate surface area is 164 Å². The Morgan fingerprint density at radius 1 is 1.36 bits per heavy atom. The van der Waals surface area contributed by atoms with Gasteiger partial charge in [0.2, 0.25) is 11.8 Å². The van der Waals surface area contributed by atoms with E-state index in [0.717, 1.165) is 4.31 Å². The fourth-order valence-corrected chi connectivity index (χ4v) is 4.27. The minimum absolute atomic E-state index is 0.107. The highest BCUT2D eigenvalue weighted by atomic mass is 32.2. The van der Waals surface area contributed by atoms with Crippen LogP contribution in [0.5, 0.6) is 0 Å². The number of carbonyl (C=O) groups excluding carboxylic acids is 2. The van der Waals surface area contributed by atoms with Crippen molar-refractivity contribution in [1.82, 2.24) is 13.9 Å². The fraction of sp³-hybridized carbons (Fsp3) is 0.389. The molecule has 1 aromatic heterocycles. The summed E-state index contributed by atoms with van der Waals surface area (Å²) in [5.41, 5.74) is 1.07. The highest BCUT2D eigenvalue weighted by molar-refractivity contribution is 7.89. The quantitative estimate of drug-likeness (QED) is 0.821. The lowest BCUT2D eigenvalue weighted by atomic mass is 10.1. The van der Waals surface area contributed by atoms with Crippen LogP contribution in [0.4, 0.5) is 11.4 Å². The molecule has 0 fully saturated rings. The number of benzene rings is 1. The minimum Gasteiger partial charge on any atom is -0.337 e. The van der Waals surface area contributed by atoms with E-state index < -0.39 is 22.0 Å². The van der Waals surface area contributed by atoms with E-state index in [9.17, 15) is 18.0 Å². The molecule has 1 aliphatic rings. The van der Waals surface area contributed by atoms with Gasteiger partial charge in [0.1, 0.15) is 5.82 Å². The van der Waals surface area contributed by atoms with E-state index in [1.165, 1.54) is 18.1 Å². The van der Waals surface area contributed by atoms with Crippen molar-refractivity contribution in [3.63, 3.8) is 0 Å². The molecule has 28 heavy (non-hydrogen) atoms. The van der Waals surface area contributed by atoms with Crippen LogP contribution < -0.4 is 10.2 Å². The molecule has 150 valence electrons. The topological polar surface area (TPSA) is 105 Å². The number of nitrogens with zero attached hydrogens (tertiary/aromatic N) is 4. The summed E-state index contributed by atoms with van der Waals surface area (Å²) in [6.07, 6.45) is 1.54. The van der Waals surface area contributed by atoms with E-state index in [0.29, 0.717) is 17.2 Å². The van der Waals surface area contributed by atoms with Crippen LogP contribution in [-0.2, 0) is 26.7 Å². The summed E-state index contributed by atoms with van der Waals surface area (Å²) in [6, 6.07) is 6.55. The molecule has 3 rings (SSSR count). The van der Waals surface area contributed by atoms with Crippen molar-refractivity contribution in [2.75, 3.05) is 23.8 Å². The van der Waals surface area contributed by atoms with Crippen molar-refractivity contribution in [3.8, 4) is 0 Å². The van der Waals surface area contributed by atoms with E-state index in [4.69, 9.17) is 0 Å². The number of nitrogens with one attached hydrogen (secondary N) is 1. The molecule has 0 saturated heterocycles. The van der Waals surface area contributed by atoms with Crippen LogP contribution in [0.25, 0.3) is 0 Å². The second-order valence-electron chi connectivity index (χ2n) is 6.88. The molecule has 0 saturated carbocycles. The second-order valence-corrected chi connectivity index (χ2v) is 8.87. The lowest BCUT2D eigenvalue weighted by Crippen LogP contribution is -2.45. The number of aryl methyl sites for hydroxylation is 2. The maximum Gasteiger partial charge on any atom is 0.262 e. The molecule has 0 bridgehead atoms. The van der Waals surface area contributed by atoms with Crippen LogP contribution in [-0.4, -0.2) is 53.7 Å². The zero-order valence-corrected chi connectivity index (χ0v) is 17.0. The SMILES string of the molecule is Cc1nc(S(=O)(=O)N(C)CC(=O)N2c3ccccc3NC(=O)CC2C)cn1C. The second kappa shape index (κ2) is 7.36. The number of aromatic nitrogens is 2. The van der Waals surface area contributed by atoms with Crippen molar-refractivity contribution in [2.45, 2.75) is 31.3 Å². The van der Waals surface area contributed by atoms with Gasteiger partial charge in [-0.3, -0.25) is 9.59 Å². The molecule has 2 amide bonds. The van der Waals surface area contributed by atoms with E-state index in [1.807, 2.05) is 0 Å². The monoisotopic (exact) mass is 405 g/mol. The first-order chi connectivity index (χ1) is 13.1. The van der Waals surface area contributed by atoms with Gasteiger partial charge in [-0.1, -0.05) is 12.1 Å². The Balaban J connectivity index is 1.88. The maximum absolute atomic E-state index is 13.0. The maximum atomic E-state index is 13.0. The number of sulfonamides is 1. The molecule has 1 aromatic carbocycles. The van der Waals surface area contributed by atoms with E-state index in [2.05, 4.69) is 10.3 Å². The van der Waals surface area contributed by atoms with Gasteiger partial charge in [0.05, 0.1) is 17.9 Å². The Hall–Kier alpha value is -2.72. The number of carbonyl (C=O) groups is 2. The van der Waals surface area contributed by atoms with Crippen LogP contribution in [0.2, 0.25) is 0 Å². The molecule has 0 aliphatic carbocycles. The number of amides is 2. The molecule has 2 aromatic rings. The Morgan fingerprint density at radius 2 is 2.04 bits per heavy atom. The van der Waals surface area contributed by atoms with Crippen LogP contribution in [0, 0.1) is 6.92 Å². The lowest BCUT2D eigenvalue weighted by Gasteiger charge is -2.29. The van der Waals surface area contributed by atoms with Crippen molar-refractivity contribution < 1.29 is 18.0 Å². The molecule has 1 unspecified atom stereocenters. The van der Waals surface area contributed by atoms with Gasteiger partial charge < -0.3 is 14.8 Å². The smallest absolute Gasteiger partial charge is 0.262 e. The van der Waals surface area contributed by atoms with E-state index in [-0.39, 0.29) is 23.9 Å². The number of hydrogen-bond acceptors (Lipinski definition) is 5. The molecule has 10 heteroatoms. The number of imidazole rings is 1. The highest BCUT2D eigenvalue weighted by Gasteiger charge is 2.33. The van der Waals surface area contributed by atoms with Crippen LogP contribution in [0.1, 0.15) is 19.2 Å². The van der Waals surface area contributed by atoms with Gasteiger partial charge in [-0.25, -0.2) is 13.4 Å². The normalized spacial score (nSPS) is 17.2.